The van der Waals surface area contributed by atoms with Crippen molar-refractivity contribution in [1.29, 1.82) is 5.26 Å². The van der Waals surface area contributed by atoms with E-state index >= 15 is 0 Å². The van der Waals surface area contributed by atoms with Gasteiger partial charge in [0.05, 0.1) is 36.8 Å². The quantitative estimate of drug-likeness (QED) is 0.282. The van der Waals surface area contributed by atoms with Crippen molar-refractivity contribution >= 4 is 52.3 Å². The second-order valence-corrected chi connectivity index (χ2v) is 11.3. The number of nitriles is 1. The summed E-state index contributed by atoms with van der Waals surface area (Å²) in [5.74, 6) is -0.553. The van der Waals surface area contributed by atoms with Crippen molar-refractivity contribution < 1.29 is 24.2 Å². The van der Waals surface area contributed by atoms with Gasteiger partial charge in [-0.3, -0.25) is 9.59 Å². The molecule has 1 fully saturated rings. The van der Waals surface area contributed by atoms with Crippen LogP contribution in [0.5, 0.6) is 11.5 Å². The van der Waals surface area contributed by atoms with Crippen molar-refractivity contribution in [3.05, 3.63) is 40.8 Å². The molecule has 11 heteroatoms. The number of carboxylic acid groups (broad SMARTS) is 1. The summed E-state index contributed by atoms with van der Waals surface area (Å²) in [5, 5.41) is 20.9. The molecule has 42 heavy (non-hydrogen) atoms. The summed E-state index contributed by atoms with van der Waals surface area (Å²) in [6.07, 6.45) is 3.33. The molecule has 1 unspecified atom stereocenters. The number of anilines is 1. The standard InChI is InChI=1S/C31H42N4O5S.ClH/c1-6-34(7-2)17-16-33(3)29(36)20-26(31(37)38)22-12-14-35(15-13-22)30-11-9-25(41-30)18-24(21-32)23-8-10-27(39-4)28(19-23)40-5;/h8-11,18-19,22,26H,6-7,12-17,20H2,1-5H3,(H,37,38);1H/b24-18+;. The maximum atomic E-state index is 12.9. The van der Waals surface area contributed by atoms with E-state index in [1.807, 2.05) is 24.3 Å². The van der Waals surface area contributed by atoms with E-state index in [1.165, 1.54) is 0 Å². The molecular formula is C31H43ClN4O5S. The molecule has 0 aliphatic carbocycles. The third-order valence-corrected chi connectivity index (χ3v) is 9.01. The Bertz CT molecular complexity index is 1250. The number of hydrogen-bond acceptors (Lipinski definition) is 8. The van der Waals surface area contributed by atoms with Gasteiger partial charge in [0.2, 0.25) is 5.91 Å². The maximum absolute atomic E-state index is 12.9. The van der Waals surface area contributed by atoms with Crippen LogP contribution in [0.3, 0.4) is 0 Å². The molecule has 1 aromatic carbocycles. The van der Waals surface area contributed by atoms with Crippen LogP contribution in [0.2, 0.25) is 0 Å². The van der Waals surface area contributed by atoms with E-state index in [1.54, 1.807) is 49.6 Å². The molecule has 0 radical (unpaired) electrons. The molecule has 1 aliphatic rings. The van der Waals surface area contributed by atoms with Crippen LogP contribution in [0, 0.1) is 23.2 Å². The number of aliphatic carboxylic acids is 1. The number of ether oxygens (including phenoxy) is 2. The van der Waals surface area contributed by atoms with Crippen LogP contribution in [0.25, 0.3) is 11.6 Å². The van der Waals surface area contributed by atoms with E-state index in [0.29, 0.717) is 36.5 Å². The summed E-state index contributed by atoms with van der Waals surface area (Å²) in [5.41, 5.74) is 1.27. The second-order valence-electron chi connectivity index (χ2n) is 10.2. The van der Waals surface area contributed by atoms with Crippen LogP contribution in [0.1, 0.15) is 43.6 Å². The number of carbonyl (C=O) groups is 2. The van der Waals surface area contributed by atoms with Gasteiger partial charge < -0.3 is 29.3 Å². The number of halogens is 1. The van der Waals surface area contributed by atoms with Crippen LogP contribution in [-0.2, 0) is 9.59 Å². The first-order valence-corrected chi connectivity index (χ1v) is 14.9. The Morgan fingerprint density at radius 3 is 2.36 bits per heavy atom. The fourth-order valence-corrected chi connectivity index (χ4v) is 6.20. The van der Waals surface area contributed by atoms with Crippen LogP contribution >= 0.6 is 23.7 Å². The average Bonchev–Trinajstić information content (AvgIpc) is 3.47. The molecule has 2 aromatic rings. The Hall–Kier alpha value is -3.26. The largest absolute Gasteiger partial charge is 0.493 e. The Kier molecular flexibility index (Phi) is 14.1. The Morgan fingerprint density at radius 2 is 1.79 bits per heavy atom. The number of carbonyl (C=O) groups excluding carboxylic acids is 1. The summed E-state index contributed by atoms with van der Waals surface area (Å²) in [4.78, 5) is 32.1. The van der Waals surface area contributed by atoms with Crippen molar-refractivity contribution in [2.45, 2.75) is 33.1 Å². The number of piperidine rings is 1. The first-order chi connectivity index (χ1) is 19.7. The predicted molar refractivity (Wildman–Crippen MR) is 171 cm³/mol. The highest BCUT2D eigenvalue weighted by Gasteiger charge is 2.34. The first-order valence-electron chi connectivity index (χ1n) is 14.1. The van der Waals surface area contributed by atoms with E-state index in [-0.39, 0.29) is 30.7 Å². The van der Waals surface area contributed by atoms with Crippen molar-refractivity contribution in [3.8, 4) is 17.6 Å². The molecule has 9 nitrogen and oxygen atoms in total. The van der Waals surface area contributed by atoms with E-state index < -0.39 is 11.9 Å². The number of benzene rings is 1. The molecule has 1 aromatic heterocycles. The number of thiophene rings is 1. The Balaban J connectivity index is 0.00000616. The summed E-state index contributed by atoms with van der Waals surface area (Å²) in [7, 11) is 4.90. The average molecular weight is 619 g/mol. The van der Waals surface area contributed by atoms with Crippen molar-refractivity contribution in [1.82, 2.24) is 9.80 Å². The Labute approximate surface area is 259 Å². The van der Waals surface area contributed by atoms with Gasteiger partial charge in [0.1, 0.15) is 0 Å². The van der Waals surface area contributed by atoms with Gasteiger partial charge in [-0.2, -0.15) is 5.26 Å². The molecule has 1 atom stereocenters. The molecule has 3 rings (SSSR count). The minimum Gasteiger partial charge on any atom is -0.493 e. The number of carboxylic acids is 1. The molecule has 1 saturated heterocycles. The van der Waals surface area contributed by atoms with Crippen LogP contribution < -0.4 is 14.4 Å². The molecule has 230 valence electrons. The van der Waals surface area contributed by atoms with E-state index in [2.05, 4.69) is 29.7 Å². The van der Waals surface area contributed by atoms with Gasteiger partial charge in [0, 0.05) is 44.5 Å². The lowest BCUT2D eigenvalue weighted by Gasteiger charge is -2.35. The maximum Gasteiger partial charge on any atom is 0.307 e. The van der Waals surface area contributed by atoms with Gasteiger partial charge in [-0.15, -0.1) is 23.7 Å². The molecule has 0 spiro atoms. The minimum absolute atomic E-state index is 0. The number of likely N-dealkylation sites (N-methyl/N-ethyl adjacent to an activating group) is 2. The third kappa shape index (κ3) is 9.12. The normalized spacial score (nSPS) is 14.6. The monoisotopic (exact) mass is 618 g/mol. The minimum atomic E-state index is -0.892. The third-order valence-electron chi connectivity index (χ3n) is 7.92. The van der Waals surface area contributed by atoms with Crippen LogP contribution in [0.15, 0.2) is 30.3 Å². The number of allylic oxidation sites excluding steroid dienone is 1. The Morgan fingerprint density at radius 1 is 1.12 bits per heavy atom. The van der Waals surface area contributed by atoms with Crippen LogP contribution in [0.4, 0.5) is 5.00 Å². The highest BCUT2D eigenvalue weighted by atomic mass is 35.5. The summed E-state index contributed by atoms with van der Waals surface area (Å²) >= 11 is 1.60. The van der Waals surface area contributed by atoms with Gasteiger partial charge in [-0.25, -0.2) is 0 Å². The molecular weight excluding hydrogens is 576 g/mol. The highest BCUT2D eigenvalue weighted by molar-refractivity contribution is 7.17. The van der Waals surface area contributed by atoms with Crippen LogP contribution in [-0.4, -0.2) is 87.3 Å². The zero-order valence-electron chi connectivity index (χ0n) is 25.2. The van der Waals surface area contributed by atoms with Crippen molar-refractivity contribution in [2.75, 3.05) is 65.4 Å². The zero-order chi connectivity index (χ0) is 29.9. The van der Waals surface area contributed by atoms with Gasteiger partial charge in [-0.05, 0) is 73.8 Å². The smallest absolute Gasteiger partial charge is 0.307 e. The van der Waals surface area contributed by atoms with Crippen molar-refractivity contribution in [3.63, 3.8) is 0 Å². The molecule has 0 bridgehead atoms. The van der Waals surface area contributed by atoms with E-state index in [4.69, 9.17) is 9.47 Å². The van der Waals surface area contributed by atoms with E-state index in [9.17, 15) is 20.0 Å². The number of methoxy groups -OCH3 is 2. The summed E-state index contributed by atoms with van der Waals surface area (Å²) in [6, 6.07) is 11.7. The number of hydrogen-bond donors (Lipinski definition) is 1. The summed E-state index contributed by atoms with van der Waals surface area (Å²) < 4.78 is 10.7. The predicted octanol–water partition coefficient (Wildman–Crippen LogP) is 5.36. The molecule has 2 heterocycles. The lowest BCUT2D eigenvalue weighted by Crippen LogP contribution is -2.41. The second kappa shape index (κ2) is 17.0. The van der Waals surface area contributed by atoms with Gasteiger partial charge in [0.25, 0.3) is 0 Å². The van der Waals surface area contributed by atoms with Crippen molar-refractivity contribution in [2.24, 2.45) is 11.8 Å². The van der Waals surface area contributed by atoms with Gasteiger partial charge >= 0.3 is 5.97 Å². The van der Waals surface area contributed by atoms with Gasteiger partial charge in [-0.1, -0.05) is 13.8 Å². The topological polar surface area (TPSA) is 106 Å². The zero-order valence-corrected chi connectivity index (χ0v) is 26.8. The molecule has 1 N–H and O–H groups in total. The summed E-state index contributed by atoms with van der Waals surface area (Å²) in [6.45, 7) is 8.87. The van der Waals surface area contributed by atoms with E-state index in [0.717, 1.165) is 48.2 Å². The molecule has 0 saturated carbocycles. The lowest BCUT2D eigenvalue weighted by molar-refractivity contribution is -0.148. The fourth-order valence-electron chi connectivity index (χ4n) is 5.19. The molecule has 1 amide bonds. The van der Waals surface area contributed by atoms with Gasteiger partial charge in [0.15, 0.2) is 11.5 Å². The first kappa shape index (κ1) is 34.9. The molecule has 1 aliphatic heterocycles. The number of nitrogens with zero attached hydrogens (tertiary/aromatic N) is 4. The highest BCUT2D eigenvalue weighted by Crippen LogP contribution is 2.36. The lowest BCUT2D eigenvalue weighted by atomic mass is 9.82. The number of rotatable bonds is 14. The SMILES string of the molecule is CCN(CC)CCN(C)C(=O)CC(C(=O)O)C1CCN(c2ccc(/C=C(\C#N)c3ccc(OC)c(OC)c3)s2)CC1.Cl. The number of amides is 1. The fraction of sp³-hybridized carbons (Fsp3) is 0.516.